The van der Waals surface area contributed by atoms with E-state index in [9.17, 15) is 4.79 Å². The van der Waals surface area contributed by atoms with Crippen LogP contribution >= 0.6 is 0 Å². The first kappa shape index (κ1) is 15.7. The average Bonchev–Trinajstić information content (AvgIpc) is 2.47. The van der Waals surface area contributed by atoms with Gasteiger partial charge in [-0.3, -0.25) is 4.79 Å². The molecule has 2 rings (SSSR count). The molecule has 1 aromatic rings. The minimum atomic E-state index is 0.0216. The summed E-state index contributed by atoms with van der Waals surface area (Å²) in [5.74, 6) is 1.56. The van der Waals surface area contributed by atoms with Crippen LogP contribution in [0.25, 0.3) is 0 Å². The maximum absolute atomic E-state index is 12.1. The fraction of sp³-hybridized carbons (Fsp3) is 0.588. The van der Waals surface area contributed by atoms with Crippen molar-refractivity contribution in [3.05, 3.63) is 23.8 Å². The summed E-state index contributed by atoms with van der Waals surface area (Å²) in [7, 11) is 3.54. The van der Waals surface area contributed by atoms with Gasteiger partial charge < -0.3 is 15.5 Å². The number of hydrogen-bond acceptors (Lipinski definition) is 3. The maximum Gasteiger partial charge on any atom is 0.253 e. The lowest BCUT2D eigenvalue weighted by Gasteiger charge is -2.36. The lowest BCUT2D eigenvalue weighted by atomic mass is 9.86. The standard InChI is InChI=1S/C17H27N3O/c1-12(2)13-7-9-20(10-8-13)16-11-14(5-6-15(16)18)17(21)19(3)4/h5-6,11-13H,7-10,18H2,1-4H3. The molecule has 1 amide bonds. The van der Waals surface area contributed by atoms with Crippen LogP contribution in [0.15, 0.2) is 18.2 Å². The Labute approximate surface area is 127 Å². The van der Waals surface area contributed by atoms with Gasteiger partial charge in [-0.1, -0.05) is 13.8 Å². The molecule has 0 unspecified atom stereocenters. The van der Waals surface area contributed by atoms with Gasteiger partial charge in [-0.25, -0.2) is 0 Å². The highest BCUT2D eigenvalue weighted by molar-refractivity contribution is 5.96. The minimum absolute atomic E-state index is 0.0216. The van der Waals surface area contributed by atoms with Gasteiger partial charge in [0.25, 0.3) is 5.91 Å². The second-order valence-corrected chi connectivity index (χ2v) is 6.54. The van der Waals surface area contributed by atoms with E-state index in [2.05, 4.69) is 18.7 Å². The summed E-state index contributed by atoms with van der Waals surface area (Å²) in [5, 5.41) is 0. The zero-order chi connectivity index (χ0) is 15.6. The van der Waals surface area contributed by atoms with Crippen molar-refractivity contribution in [1.29, 1.82) is 0 Å². The van der Waals surface area contributed by atoms with E-state index >= 15 is 0 Å². The number of hydrogen-bond donors (Lipinski definition) is 1. The van der Waals surface area contributed by atoms with Gasteiger partial charge in [0, 0.05) is 32.7 Å². The number of nitrogen functional groups attached to an aromatic ring is 1. The SMILES string of the molecule is CC(C)C1CCN(c2cc(C(=O)N(C)C)ccc2N)CC1. The predicted octanol–water partition coefficient (Wildman–Crippen LogP) is 2.84. The number of anilines is 2. The molecule has 2 N–H and O–H groups in total. The first-order chi connectivity index (χ1) is 9.90. The molecule has 0 aromatic heterocycles. The normalized spacial score (nSPS) is 16.3. The van der Waals surface area contributed by atoms with E-state index < -0.39 is 0 Å². The van der Waals surface area contributed by atoms with Crippen molar-refractivity contribution in [1.82, 2.24) is 4.90 Å². The second-order valence-electron chi connectivity index (χ2n) is 6.54. The van der Waals surface area contributed by atoms with Gasteiger partial charge >= 0.3 is 0 Å². The number of nitrogens with two attached hydrogens (primary N) is 1. The number of piperidine rings is 1. The summed E-state index contributed by atoms with van der Waals surface area (Å²) < 4.78 is 0. The van der Waals surface area contributed by atoms with Crippen molar-refractivity contribution < 1.29 is 4.79 Å². The largest absolute Gasteiger partial charge is 0.397 e. The Morgan fingerprint density at radius 3 is 2.43 bits per heavy atom. The van der Waals surface area contributed by atoms with Crippen molar-refractivity contribution >= 4 is 17.3 Å². The first-order valence-corrected chi connectivity index (χ1v) is 7.76. The topological polar surface area (TPSA) is 49.6 Å². The molecule has 1 saturated heterocycles. The quantitative estimate of drug-likeness (QED) is 0.871. The molecule has 0 spiro atoms. The van der Waals surface area contributed by atoms with E-state index in [4.69, 9.17) is 5.73 Å². The van der Waals surface area contributed by atoms with Gasteiger partial charge in [-0.05, 0) is 42.9 Å². The van der Waals surface area contributed by atoms with Crippen LogP contribution < -0.4 is 10.6 Å². The van der Waals surface area contributed by atoms with Gasteiger partial charge in [0.2, 0.25) is 0 Å². The van der Waals surface area contributed by atoms with Crippen LogP contribution in [0.5, 0.6) is 0 Å². The summed E-state index contributed by atoms with van der Waals surface area (Å²) in [5.41, 5.74) is 8.59. The van der Waals surface area contributed by atoms with Gasteiger partial charge in [-0.2, -0.15) is 0 Å². The molecule has 0 bridgehead atoms. The van der Waals surface area contributed by atoms with E-state index in [0.29, 0.717) is 5.56 Å². The third kappa shape index (κ3) is 3.49. The van der Waals surface area contributed by atoms with Crippen LogP contribution in [0, 0.1) is 11.8 Å². The Kier molecular flexibility index (Phi) is 4.76. The van der Waals surface area contributed by atoms with Crippen LogP contribution in [-0.4, -0.2) is 38.0 Å². The lowest BCUT2D eigenvalue weighted by Crippen LogP contribution is -2.35. The van der Waals surface area contributed by atoms with Gasteiger partial charge in [0.05, 0.1) is 11.4 Å². The average molecular weight is 289 g/mol. The molecule has 21 heavy (non-hydrogen) atoms. The molecule has 1 aromatic carbocycles. The van der Waals surface area contributed by atoms with E-state index in [1.54, 1.807) is 19.0 Å². The Balaban J connectivity index is 2.17. The van der Waals surface area contributed by atoms with Gasteiger partial charge in [0.15, 0.2) is 0 Å². The first-order valence-electron chi connectivity index (χ1n) is 7.76. The van der Waals surface area contributed by atoms with Crippen molar-refractivity contribution in [2.45, 2.75) is 26.7 Å². The zero-order valence-electron chi connectivity index (χ0n) is 13.6. The molecular formula is C17H27N3O. The molecule has 1 heterocycles. The summed E-state index contributed by atoms with van der Waals surface area (Å²) in [6.07, 6.45) is 2.39. The Morgan fingerprint density at radius 2 is 1.90 bits per heavy atom. The van der Waals surface area contributed by atoms with Crippen molar-refractivity contribution in [2.24, 2.45) is 11.8 Å². The molecule has 0 radical (unpaired) electrons. The number of rotatable bonds is 3. The number of benzene rings is 1. The maximum atomic E-state index is 12.1. The van der Waals surface area contributed by atoms with Gasteiger partial charge in [0.1, 0.15) is 0 Å². The van der Waals surface area contributed by atoms with Crippen LogP contribution in [0.3, 0.4) is 0 Å². The fourth-order valence-corrected chi connectivity index (χ4v) is 3.02. The molecule has 4 heteroatoms. The number of carbonyl (C=O) groups excluding carboxylic acids is 1. The number of nitrogens with zero attached hydrogens (tertiary/aromatic N) is 2. The second kappa shape index (κ2) is 6.37. The van der Waals surface area contributed by atoms with Crippen LogP contribution in [-0.2, 0) is 0 Å². The Hall–Kier alpha value is -1.71. The summed E-state index contributed by atoms with van der Waals surface area (Å²) >= 11 is 0. The lowest BCUT2D eigenvalue weighted by molar-refractivity contribution is 0.0827. The van der Waals surface area contributed by atoms with E-state index in [0.717, 1.165) is 36.3 Å². The zero-order valence-corrected chi connectivity index (χ0v) is 13.6. The monoisotopic (exact) mass is 289 g/mol. The third-order valence-corrected chi connectivity index (χ3v) is 4.51. The van der Waals surface area contributed by atoms with E-state index in [-0.39, 0.29) is 5.91 Å². The van der Waals surface area contributed by atoms with E-state index in [1.807, 2.05) is 18.2 Å². The highest BCUT2D eigenvalue weighted by atomic mass is 16.2. The molecule has 1 aliphatic heterocycles. The molecule has 0 aliphatic carbocycles. The van der Waals surface area contributed by atoms with Crippen molar-refractivity contribution in [3.8, 4) is 0 Å². The van der Waals surface area contributed by atoms with Crippen LogP contribution in [0.1, 0.15) is 37.0 Å². The molecule has 0 atom stereocenters. The molecule has 1 fully saturated rings. The van der Waals surface area contributed by atoms with Crippen molar-refractivity contribution in [3.63, 3.8) is 0 Å². The number of carbonyl (C=O) groups is 1. The molecular weight excluding hydrogens is 262 g/mol. The fourth-order valence-electron chi connectivity index (χ4n) is 3.02. The molecule has 1 aliphatic rings. The number of amides is 1. The summed E-state index contributed by atoms with van der Waals surface area (Å²) in [6, 6.07) is 5.59. The van der Waals surface area contributed by atoms with E-state index in [1.165, 1.54) is 12.8 Å². The molecule has 0 saturated carbocycles. The Bertz CT molecular complexity index is 503. The predicted molar refractivity (Wildman–Crippen MR) is 88.6 cm³/mol. The van der Waals surface area contributed by atoms with Crippen LogP contribution in [0.2, 0.25) is 0 Å². The summed E-state index contributed by atoms with van der Waals surface area (Å²) in [6.45, 7) is 6.63. The molecule has 116 valence electrons. The summed E-state index contributed by atoms with van der Waals surface area (Å²) in [4.78, 5) is 16.0. The highest BCUT2D eigenvalue weighted by Gasteiger charge is 2.23. The van der Waals surface area contributed by atoms with Crippen LogP contribution in [0.4, 0.5) is 11.4 Å². The molecule has 4 nitrogen and oxygen atoms in total. The third-order valence-electron chi connectivity index (χ3n) is 4.51. The minimum Gasteiger partial charge on any atom is -0.397 e. The van der Waals surface area contributed by atoms with Gasteiger partial charge in [-0.15, -0.1) is 0 Å². The van der Waals surface area contributed by atoms with Crippen molar-refractivity contribution in [2.75, 3.05) is 37.8 Å². The smallest absolute Gasteiger partial charge is 0.253 e. The highest BCUT2D eigenvalue weighted by Crippen LogP contribution is 2.31. The Morgan fingerprint density at radius 1 is 1.29 bits per heavy atom.